The number of methoxy groups -OCH3 is 2. The lowest BCUT2D eigenvalue weighted by molar-refractivity contribution is -0.117. The molecule has 0 spiro atoms. The molecule has 0 aromatic heterocycles. The normalized spacial score (nSPS) is 15.4. The van der Waals surface area contributed by atoms with Gasteiger partial charge < -0.3 is 14.4 Å². The molecule has 1 aliphatic rings. The molecule has 1 heterocycles. The van der Waals surface area contributed by atoms with E-state index in [1.54, 1.807) is 19.1 Å². The summed E-state index contributed by atoms with van der Waals surface area (Å²) in [6, 6.07) is 5.53. The minimum absolute atomic E-state index is 0.173. The predicted molar refractivity (Wildman–Crippen MR) is 61.1 cm³/mol. The van der Waals surface area contributed by atoms with E-state index < -0.39 is 0 Å². The summed E-state index contributed by atoms with van der Waals surface area (Å²) in [5.74, 6) is 1.50. The molecule has 1 fully saturated rings. The van der Waals surface area contributed by atoms with Gasteiger partial charge in [-0.05, 0) is 18.6 Å². The fourth-order valence-electron chi connectivity index (χ4n) is 1.91. The molecule has 86 valence electrons. The van der Waals surface area contributed by atoms with Gasteiger partial charge in [0.25, 0.3) is 0 Å². The van der Waals surface area contributed by atoms with Crippen molar-refractivity contribution in [3.05, 3.63) is 18.2 Å². The first-order valence-corrected chi connectivity index (χ1v) is 5.28. The Morgan fingerprint density at radius 3 is 2.50 bits per heavy atom. The lowest BCUT2D eigenvalue weighted by Gasteiger charge is -2.17. The number of carbonyl (C=O) groups excluding carboxylic acids is 1. The van der Waals surface area contributed by atoms with Crippen molar-refractivity contribution in [2.45, 2.75) is 12.8 Å². The number of amides is 1. The Morgan fingerprint density at radius 1 is 1.19 bits per heavy atom. The van der Waals surface area contributed by atoms with E-state index in [2.05, 4.69) is 0 Å². The lowest BCUT2D eigenvalue weighted by Crippen LogP contribution is -2.23. The number of hydrogen-bond acceptors (Lipinski definition) is 3. The molecule has 1 aliphatic heterocycles. The standard InChI is InChI=1S/C12H15NO3/c1-15-10-6-5-9(8-11(10)16-2)13-7-3-4-12(13)14/h5-6,8H,3-4,7H2,1-2H3. The number of hydrogen-bond donors (Lipinski definition) is 0. The molecule has 1 aromatic rings. The molecule has 0 saturated carbocycles. The number of rotatable bonds is 3. The molecule has 0 radical (unpaired) electrons. The maximum absolute atomic E-state index is 11.6. The Kier molecular flexibility index (Phi) is 2.99. The Bertz CT molecular complexity index is 403. The number of carbonyl (C=O) groups is 1. The first-order valence-electron chi connectivity index (χ1n) is 5.28. The molecular weight excluding hydrogens is 206 g/mol. The van der Waals surface area contributed by atoms with Crippen molar-refractivity contribution < 1.29 is 14.3 Å². The van der Waals surface area contributed by atoms with Crippen LogP contribution in [0.5, 0.6) is 11.5 Å². The second kappa shape index (κ2) is 4.43. The Balaban J connectivity index is 2.32. The molecule has 16 heavy (non-hydrogen) atoms. The third-order valence-electron chi connectivity index (χ3n) is 2.75. The average molecular weight is 221 g/mol. The van der Waals surface area contributed by atoms with Crippen molar-refractivity contribution in [3.63, 3.8) is 0 Å². The van der Waals surface area contributed by atoms with Crippen LogP contribution < -0.4 is 14.4 Å². The van der Waals surface area contributed by atoms with Gasteiger partial charge in [0.2, 0.25) is 5.91 Å². The Labute approximate surface area is 94.8 Å². The average Bonchev–Trinajstić information content (AvgIpc) is 2.74. The molecule has 0 unspecified atom stereocenters. The van der Waals surface area contributed by atoms with Gasteiger partial charge in [0.05, 0.1) is 14.2 Å². The summed E-state index contributed by atoms with van der Waals surface area (Å²) in [5.41, 5.74) is 0.875. The fourth-order valence-corrected chi connectivity index (χ4v) is 1.91. The molecule has 1 aromatic carbocycles. The topological polar surface area (TPSA) is 38.8 Å². The summed E-state index contributed by atoms with van der Waals surface area (Å²) < 4.78 is 10.4. The smallest absolute Gasteiger partial charge is 0.227 e. The predicted octanol–water partition coefficient (Wildman–Crippen LogP) is 1.83. The number of nitrogens with zero attached hydrogens (tertiary/aromatic N) is 1. The molecule has 4 nitrogen and oxygen atoms in total. The van der Waals surface area contributed by atoms with E-state index in [0.29, 0.717) is 17.9 Å². The van der Waals surface area contributed by atoms with Crippen molar-refractivity contribution in [1.82, 2.24) is 0 Å². The maximum atomic E-state index is 11.6. The largest absolute Gasteiger partial charge is 0.493 e. The van der Waals surface area contributed by atoms with E-state index >= 15 is 0 Å². The monoisotopic (exact) mass is 221 g/mol. The van der Waals surface area contributed by atoms with E-state index in [-0.39, 0.29) is 5.91 Å². The Hall–Kier alpha value is -1.71. The van der Waals surface area contributed by atoms with Gasteiger partial charge in [-0.15, -0.1) is 0 Å². The zero-order valence-corrected chi connectivity index (χ0v) is 9.53. The van der Waals surface area contributed by atoms with Gasteiger partial charge in [0, 0.05) is 24.7 Å². The first kappa shape index (κ1) is 10.8. The highest BCUT2D eigenvalue weighted by Crippen LogP contribution is 2.32. The van der Waals surface area contributed by atoms with Crippen molar-refractivity contribution in [3.8, 4) is 11.5 Å². The molecule has 0 atom stereocenters. The highest BCUT2D eigenvalue weighted by atomic mass is 16.5. The van der Waals surface area contributed by atoms with Crippen LogP contribution in [0.4, 0.5) is 5.69 Å². The summed E-state index contributed by atoms with van der Waals surface area (Å²) >= 11 is 0. The summed E-state index contributed by atoms with van der Waals surface area (Å²) in [5, 5.41) is 0. The third kappa shape index (κ3) is 1.83. The second-order valence-corrected chi connectivity index (χ2v) is 3.69. The number of benzene rings is 1. The van der Waals surface area contributed by atoms with Crippen LogP contribution in [0, 0.1) is 0 Å². The van der Waals surface area contributed by atoms with Gasteiger partial charge in [-0.25, -0.2) is 0 Å². The molecule has 0 bridgehead atoms. The summed E-state index contributed by atoms with van der Waals surface area (Å²) in [6.07, 6.45) is 1.56. The van der Waals surface area contributed by atoms with E-state index in [1.807, 2.05) is 18.2 Å². The SMILES string of the molecule is COc1ccc(N2CCCC2=O)cc1OC. The highest BCUT2D eigenvalue weighted by molar-refractivity contribution is 5.95. The Morgan fingerprint density at radius 2 is 1.94 bits per heavy atom. The van der Waals surface area contributed by atoms with Gasteiger partial charge >= 0.3 is 0 Å². The molecule has 0 N–H and O–H groups in total. The zero-order chi connectivity index (χ0) is 11.5. The molecule has 1 amide bonds. The van der Waals surface area contributed by atoms with Crippen LogP contribution in [0.1, 0.15) is 12.8 Å². The highest BCUT2D eigenvalue weighted by Gasteiger charge is 2.22. The van der Waals surface area contributed by atoms with Crippen LogP contribution in [0.3, 0.4) is 0 Å². The minimum atomic E-state index is 0.173. The minimum Gasteiger partial charge on any atom is -0.493 e. The zero-order valence-electron chi connectivity index (χ0n) is 9.53. The summed E-state index contributed by atoms with van der Waals surface area (Å²) in [7, 11) is 3.19. The van der Waals surface area contributed by atoms with E-state index in [1.165, 1.54) is 0 Å². The molecular formula is C12H15NO3. The summed E-state index contributed by atoms with van der Waals surface area (Å²) in [4.78, 5) is 13.4. The van der Waals surface area contributed by atoms with Gasteiger partial charge in [-0.3, -0.25) is 4.79 Å². The van der Waals surface area contributed by atoms with Crippen LogP contribution >= 0.6 is 0 Å². The van der Waals surface area contributed by atoms with Gasteiger partial charge in [0.15, 0.2) is 11.5 Å². The molecule has 2 rings (SSSR count). The van der Waals surface area contributed by atoms with Crippen molar-refractivity contribution >= 4 is 11.6 Å². The van der Waals surface area contributed by atoms with E-state index in [4.69, 9.17) is 9.47 Å². The maximum Gasteiger partial charge on any atom is 0.227 e. The first-order chi connectivity index (χ1) is 7.76. The second-order valence-electron chi connectivity index (χ2n) is 3.69. The van der Waals surface area contributed by atoms with E-state index in [0.717, 1.165) is 18.7 Å². The van der Waals surface area contributed by atoms with Crippen LogP contribution in [0.25, 0.3) is 0 Å². The third-order valence-corrected chi connectivity index (χ3v) is 2.75. The van der Waals surface area contributed by atoms with Gasteiger partial charge in [-0.1, -0.05) is 0 Å². The molecule has 1 saturated heterocycles. The summed E-state index contributed by atoms with van der Waals surface area (Å²) in [6.45, 7) is 0.786. The fraction of sp³-hybridized carbons (Fsp3) is 0.417. The van der Waals surface area contributed by atoms with Crippen LogP contribution in [-0.2, 0) is 4.79 Å². The molecule has 0 aliphatic carbocycles. The van der Waals surface area contributed by atoms with Crippen molar-refractivity contribution in [2.75, 3.05) is 25.7 Å². The molecule has 4 heteroatoms. The van der Waals surface area contributed by atoms with Crippen LogP contribution in [0.15, 0.2) is 18.2 Å². The van der Waals surface area contributed by atoms with Gasteiger partial charge in [-0.2, -0.15) is 0 Å². The lowest BCUT2D eigenvalue weighted by atomic mass is 10.2. The number of anilines is 1. The van der Waals surface area contributed by atoms with Gasteiger partial charge in [0.1, 0.15) is 0 Å². The van der Waals surface area contributed by atoms with Crippen molar-refractivity contribution in [2.24, 2.45) is 0 Å². The van der Waals surface area contributed by atoms with Crippen molar-refractivity contribution in [1.29, 1.82) is 0 Å². The number of ether oxygens (including phenoxy) is 2. The van der Waals surface area contributed by atoms with Crippen LogP contribution in [-0.4, -0.2) is 26.7 Å². The van der Waals surface area contributed by atoms with Crippen LogP contribution in [0.2, 0.25) is 0 Å². The van der Waals surface area contributed by atoms with E-state index in [9.17, 15) is 4.79 Å². The quantitative estimate of drug-likeness (QED) is 0.781.